The predicted molar refractivity (Wildman–Crippen MR) is 125 cm³/mol. The van der Waals surface area contributed by atoms with Gasteiger partial charge < -0.3 is 14.7 Å². The first-order chi connectivity index (χ1) is 16.2. The summed E-state index contributed by atoms with van der Waals surface area (Å²) in [6.45, 7) is 5.82. The van der Waals surface area contributed by atoms with E-state index in [1.807, 2.05) is 0 Å². The Labute approximate surface area is 202 Å². The van der Waals surface area contributed by atoms with Crippen LogP contribution in [0.3, 0.4) is 0 Å². The molecule has 2 aromatic rings. The molecule has 0 radical (unpaired) electrons. The third-order valence-corrected chi connectivity index (χ3v) is 7.74. The van der Waals surface area contributed by atoms with Gasteiger partial charge in [0, 0.05) is 6.42 Å². The highest BCUT2D eigenvalue weighted by Gasteiger charge is 2.63. The van der Waals surface area contributed by atoms with Gasteiger partial charge in [0.1, 0.15) is 11.4 Å². The van der Waals surface area contributed by atoms with Gasteiger partial charge in [0.2, 0.25) is 0 Å². The molecule has 1 aliphatic heterocycles. The molecule has 3 unspecified atom stereocenters. The number of nitrogens with zero attached hydrogens (tertiary/aromatic N) is 1. The Morgan fingerprint density at radius 2 is 1.66 bits per heavy atom. The van der Waals surface area contributed by atoms with Crippen LogP contribution in [0.5, 0.6) is 0 Å². The number of para-hydroxylation sites is 1. The van der Waals surface area contributed by atoms with Crippen molar-refractivity contribution in [1.82, 2.24) is 5.32 Å². The summed E-state index contributed by atoms with van der Waals surface area (Å²) in [5, 5.41) is 10.5. The van der Waals surface area contributed by atoms with Gasteiger partial charge in [-0.15, -0.1) is 0 Å². The fraction of sp³-hybridized carbons (Fsp3) is 0.375. The van der Waals surface area contributed by atoms with E-state index in [1.54, 1.807) is 26.8 Å². The van der Waals surface area contributed by atoms with Crippen LogP contribution in [0.25, 0.3) is 0 Å². The average molecular weight is 507 g/mol. The molecule has 1 aliphatic rings. The van der Waals surface area contributed by atoms with Gasteiger partial charge in [0.25, 0.3) is 0 Å². The molecule has 2 aromatic carbocycles. The molecule has 3 atom stereocenters. The number of nitrogens with one attached hydrogen (secondary N) is 1. The van der Waals surface area contributed by atoms with Crippen LogP contribution in [-0.2, 0) is 24.2 Å². The summed E-state index contributed by atoms with van der Waals surface area (Å²) in [5.74, 6) is -4.91. The molecule has 188 valence electrons. The van der Waals surface area contributed by atoms with Crippen LogP contribution in [-0.4, -0.2) is 48.0 Å². The number of sulfone groups is 1. The summed E-state index contributed by atoms with van der Waals surface area (Å²) in [6.07, 6.45) is -1.72. The molecule has 0 bridgehead atoms. The minimum atomic E-state index is -4.49. The Bertz CT molecular complexity index is 1240. The number of halogens is 1. The number of benzene rings is 2. The third kappa shape index (κ3) is 5.00. The summed E-state index contributed by atoms with van der Waals surface area (Å²) in [5.41, 5.74) is -3.56. The minimum Gasteiger partial charge on any atom is -0.481 e. The zero-order valence-electron chi connectivity index (χ0n) is 19.7. The van der Waals surface area contributed by atoms with Crippen molar-refractivity contribution in [3.05, 3.63) is 60.4 Å². The van der Waals surface area contributed by atoms with E-state index in [-0.39, 0.29) is 10.6 Å². The van der Waals surface area contributed by atoms with Gasteiger partial charge in [-0.25, -0.2) is 17.6 Å². The smallest absolute Gasteiger partial charge is 0.409 e. The Morgan fingerprint density at radius 1 is 1.09 bits per heavy atom. The molecule has 0 aromatic heterocycles. The Morgan fingerprint density at radius 3 is 2.17 bits per heavy atom. The highest BCUT2D eigenvalue weighted by atomic mass is 32.2. The Balaban J connectivity index is 2.31. The number of carboxylic acids is 1. The monoisotopic (exact) mass is 506 g/mol. The second-order valence-corrected chi connectivity index (χ2v) is 11.3. The summed E-state index contributed by atoms with van der Waals surface area (Å²) < 4.78 is 48.0. The van der Waals surface area contributed by atoms with E-state index in [1.165, 1.54) is 42.5 Å². The molecule has 0 aliphatic carbocycles. The highest BCUT2D eigenvalue weighted by molar-refractivity contribution is 7.92. The number of hydrogen-bond acceptors (Lipinski definition) is 7. The van der Waals surface area contributed by atoms with Crippen molar-refractivity contribution in [1.29, 1.82) is 0 Å². The second-order valence-electron chi connectivity index (χ2n) is 9.26. The maximum Gasteiger partial charge on any atom is 0.409 e. The number of carbonyl (C=O) groups is 3. The maximum absolute atomic E-state index is 15.1. The lowest BCUT2D eigenvalue weighted by Crippen LogP contribution is -2.65. The number of amides is 1. The third-order valence-electron chi connectivity index (χ3n) is 5.63. The van der Waals surface area contributed by atoms with Crippen LogP contribution in [0, 0.1) is 11.7 Å². The number of carboxylic acid groups (broad SMARTS) is 1. The number of alkyl carbamates (subject to hydrolysis) is 1. The first-order valence-electron chi connectivity index (χ1n) is 10.8. The summed E-state index contributed by atoms with van der Waals surface area (Å²) >= 11 is 0. The lowest BCUT2D eigenvalue weighted by atomic mass is 9.96. The molecule has 0 saturated carbocycles. The summed E-state index contributed by atoms with van der Waals surface area (Å²) in [6, 6.07) is 12.1. The van der Waals surface area contributed by atoms with Crippen LogP contribution in [0.2, 0.25) is 0 Å². The van der Waals surface area contributed by atoms with Crippen LogP contribution in [0.15, 0.2) is 59.5 Å². The van der Waals surface area contributed by atoms with Gasteiger partial charge in [-0.2, -0.15) is 0 Å². The van der Waals surface area contributed by atoms with E-state index < -0.39 is 62.5 Å². The summed E-state index contributed by atoms with van der Waals surface area (Å²) in [4.78, 5) is 38.9. The van der Waals surface area contributed by atoms with Crippen LogP contribution in [0.4, 0.5) is 14.9 Å². The molecule has 9 nitrogen and oxygen atoms in total. The van der Waals surface area contributed by atoms with Crippen molar-refractivity contribution in [3.8, 4) is 0 Å². The molecule has 2 N–H and O–H groups in total. The number of carbonyl (C=O) groups excluding carboxylic acids is 2. The zero-order chi connectivity index (χ0) is 26.2. The van der Waals surface area contributed by atoms with Gasteiger partial charge in [-0.05, 0) is 52.0 Å². The number of hydrogen-bond donors (Lipinski definition) is 2. The average Bonchev–Trinajstić information content (AvgIpc) is 3.10. The van der Waals surface area contributed by atoms with Gasteiger partial charge in [0.05, 0.1) is 16.5 Å². The SMILES string of the molecule is CC(=O)C1(NC(=O)OC(C)(C)C)CC(C(=O)O)C(S(=O)(=O)c2ccccc2)N1c1ccccc1F. The standard InChI is InChI=1S/C24H27FN2O7S/c1-15(28)24(26-22(31)34-23(2,3)4)14-17(21(29)30)20(27(24)19-13-9-8-12-18(19)25)35(32,33)16-10-6-5-7-11-16/h5-13,17,20H,14H2,1-4H3,(H,26,31)(H,29,30). The van der Waals surface area contributed by atoms with Crippen molar-refractivity contribution in [2.24, 2.45) is 5.92 Å². The number of Topliss-reactive ketones (excluding diaryl/α,β-unsaturated/α-hetero) is 1. The topological polar surface area (TPSA) is 130 Å². The molecule has 1 amide bonds. The largest absolute Gasteiger partial charge is 0.481 e. The molecule has 35 heavy (non-hydrogen) atoms. The first kappa shape index (κ1) is 26.1. The van der Waals surface area contributed by atoms with E-state index in [2.05, 4.69) is 5.32 Å². The number of ketones is 1. The number of aliphatic carboxylic acids is 1. The Hall–Kier alpha value is -3.47. The molecular formula is C24H27FN2O7S. The van der Waals surface area contributed by atoms with Crippen LogP contribution < -0.4 is 10.2 Å². The van der Waals surface area contributed by atoms with Gasteiger partial charge in [0.15, 0.2) is 26.7 Å². The minimum absolute atomic E-state index is 0.214. The van der Waals surface area contributed by atoms with E-state index in [0.29, 0.717) is 0 Å². The van der Waals surface area contributed by atoms with Crippen molar-refractivity contribution < 1.29 is 37.0 Å². The number of rotatable bonds is 6. The lowest BCUT2D eigenvalue weighted by Gasteiger charge is -2.41. The van der Waals surface area contributed by atoms with E-state index >= 15 is 4.39 Å². The number of ether oxygens (including phenoxy) is 1. The first-order valence-corrected chi connectivity index (χ1v) is 12.3. The van der Waals surface area contributed by atoms with Crippen molar-refractivity contribution >= 4 is 33.4 Å². The molecule has 1 fully saturated rings. The van der Waals surface area contributed by atoms with Crippen LogP contribution >= 0.6 is 0 Å². The quantitative estimate of drug-likeness (QED) is 0.610. The van der Waals surface area contributed by atoms with Gasteiger partial charge in [-0.1, -0.05) is 30.3 Å². The molecular weight excluding hydrogens is 479 g/mol. The second kappa shape index (κ2) is 9.29. The highest BCUT2D eigenvalue weighted by Crippen LogP contribution is 2.45. The molecule has 1 heterocycles. The fourth-order valence-corrected chi connectivity index (χ4v) is 6.23. The van der Waals surface area contributed by atoms with E-state index in [0.717, 1.165) is 17.9 Å². The molecule has 1 saturated heterocycles. The lowest BCUT2D eigenvalue weighted by molar-refractivity contribution is -0.141. The predicted octanol–water partition coefficient (Wildman–Crippen LogP) is 3.35. The Kier molecular flexibility index (Phi) is 6.94. The van der Waals surface area contributed by atoms with Gasteiger partial charge in [-0.3, -0.25) is 14.9 Å². The molecule has 0 spiro atoms. The fourth-order valence-electron chi connectivity index (χ4n) is 4.20. The van der Waals surface area contributed by atoms with Gasteiger partial charge >= 0.3 is 12.1 Å². The normalized spacial score (nSPS) is 22.5. The summed E-state index contributed by atoms with van der Waals surface area (Å²) in [7, 11) is -4.49. The van der Waals surface area contributed by atoms with Crippen molar-refractivity contribution in [2.45, 2.75) is 55.6 Å². The maximum atomic E-state index is 15.1. The van der Waals surface area contributed by atoms with Crippen LogP contribution in [0.1, 0.15) is 34.1 Å². The molecule has 11 heteroatoms. The zero-order valence-corrected chi connectivity index (χ0v) is 20.5. The van der Waals surface area contributed by atoms with Crippen molar-refractivity contribution in [3.63, 3.8) is 0 Å². The number of anilines is 1. The van der Waals surface area contributed by atoms with Crippen molar-refractivity contribution in [2.75, 3.05) is 4.90 Å². The van der Waals surface area contributed by atoms with E-state index in [9.17, 15) is 27.9 Å². The van der Waals surface area contributed by atoms with E-state index in [4.69, 9.17) is 4.74 Å². The molecule has 3 rings (SSSR count).